The number of anilines is 2. The van der Waals surface area contributed by atoms with Crippen LogP contribution in [0, 0.1) is 5.92 Å². The molecule has 0 radical (unpaired) electrons. The number of carboxylic acids is 1. The van der Waals surface area contributed by atoms with Crippen LogP contribution in [0.1, 0.15) is 72.1 Å². The second-order valence-corrected chi connectivity index (χ2v) is 12.1. The van der Waals surface area contributed by atoms with E-state index in [9.17, 15) is 14.7 Å². The number of rotatable bonds is 9. The number of benzene rings is 1. The minimum absolute atomic E-state index is 0.0703. The van der Waals surface area contributed by atoms with Gasteiger partial charge in [-0.1, -0.05) is 56.2 Å². The highest BCUT2D eigenvalue weighted by molar-refractivity contribution is 7.19. The summed E-state index contributed by atoms with van der Waals surface area (Å²) in [5.41, 5.74) is 3.42. The number of nitrogens with zero attached hydrogens (tertiary/aromatic N) is 2. The number of carbonyl (C=O) groups is 1. The van der Waals surface area contributed by atoms with Crippen molar-refractivity contribution >= 4 is 39.5 Å². The Hall–Kier alpha value is -3.23. The topological polar surface area (TPSA) is 84.2 Å². The Labute approximate surface area is 224 Å². The first-order valence-electron chi connectivity index (χ1n) is 12.8. The third-order valence-electron chi connectivity index (χ3n) is 6.83. The van der Waals surface area contributed by atoms with Gasteiger partial charge in [0.2, 0.25) is 0 Å². The van der Waals surface area contributed by atoms with Gasteiger partial charge in [-0.15, -0.1) is 11.3 Å². The molecule has 1 aliphatic rings. The first-order chi connectivity index (χ1) is 17.9. The summed E-state index contributed by atoms with van der Waals surface area (Å²) in [5.74, 6) is 0.103. The molecule has 6 nitrogen and oxygen atoms in total. The zero-order valence-corrected chi connectivity index (χ0v) is 22.7. The maximum Gasteiger partial charge on any atom is 0.348 e. The van der Waals surface area contributed by atoms with E-state index in [0.717, 1.165) is 52.4 Å². The molecule has 2 N–H and O–H groups in total. The van der Waals surface area contributed by atoms with Crippen LogP contribution in [-0.2, 0) is 6.42 Å². The number of carboxylic acid groups (broad SMARTS) is 1. The van der Waals surface area contributed by atoms with Crippen molar-refractivity contribution < 1.29 is 9.90 Å². The third-order valence-corrected chi connectivity index (χ3v) is 9.18. The molecule has 1 aliphatic carbocycles. The second-order valence-electron chi connectivity index (χ2n) is 9.99. The first kappa shape index (κ1) is 25.4. The predicted molar refractivity (Wildman–Crippen MR) is 152 cm³/mol. The number of pyridine rings is 1. The average Bonchev–Trinajstić information content (AvgIpc) is 3.63. The van der Waals surface area contributed by atoms with Crippen molar-refractivity contribution in [1.82, 2.24) is 9.55 Å². The van der Waals surface area contributed by atoms with Gasteiger partial charge in [-0.2, -0.15) is 0 Å². The zero-order chi connectivity index (χ0) is 25.9. The highest BCUT2D eigenvalue weighted by atomic mass is 32.1. The average molecular weight is 534 g/mol. The maximum absolute atomic E-state index is 12.2. The lowest BCUT2D eigenvalue weighted by Gasteiger charge is -2.07. The quantitative estimate of drug-likeness (QED) is 0.230. The summed E-state index contributed by atoms with van der Waals surface area (Å²) in [6.45, 7) is 4.40. The van der Waals surface area contributed by atoms with E-state index in [1.165, 1.54) is 24.2 Å². The molecule has 0 amide bonds. The Balaban J connectivity index is 1.46. The van der Waals surface area contributed by atoms with Gasteiger partial charge in [-0.05, 0) is 67.3 Å². The van der Waals surface area contributed by atoms with Crippen molar-refractivity contribution in [2.45, 2.75) is 58.3 Å². The van der Waals surface area contributed by atoms with Crippen LogP contribution < -0.4 is 10.9 Å². The van der Waals surface area contributed by atoms with Crippen molar-refractivity contribution in [3.63, 3.8) is 0 Å². The van der Waals surface area contributed by atoms with Gasteiger partial charge in [-0.3, -0.25) is 9.36 Å². The molecule has 3 aromatic heterocycles. The molecule has 0 unspecified atom stereocenters. The first-order valence-corrected chi connectivity index (χ1v) is 14.4. The molecule has 1 aromatic carbocycles. The van der Waals surface area contributed by atoms with Crippen LogP contribution >= 0.6 is 22.7 Å². The van der Waals surface area contributed by atoms with Gasteiger partial charge >= 0.3 is 5.97 Å². The summed E-state index contributed by atoms with van der Waals surface area (Å²) < 4.78 is 1.62. The van der Waals surface area contributed by atoms with Gasteiger partial charge in [0.1, 0.15) is 4.88 Å². The second kappa shape index (κ2) is 11.0. The number of hydrogen-bond donors (Lipinski definition) is 2. The monoisotopic (exact) mass is 533 g/mol. The van der Waals surface area contributed by atoms with Crippen molar-refractivity contribution in [3.05, 3.63) is 80.5 Å². The van der Waals surface area contributed by atoms with E-state index >= 15 is 0 Å². The Morgan fingerprint density at radius 3 is 2.57 bits per heavy atom. The van der Waals surface area contributed by atoms with Gasteiger partial charge in [-0.25, -0.2) is 9.78 Å². The van der Waals surface area contributed by atoms with Crippen LogP contribution in [0.3, 0.4) is 0 Å². The molecule has 0 spiro atoms. The minimum Gasteiger partial charge on any atom is -0.477 e. The summed E-state index contributed by atoms with van der Waals surface area (Å²) in [4.78, 5) is 31.7. The summed E-state index contributed by atoms with van der Waals surface area (Å²) in [7, 11) is 0. The highest BCUT2D eigenvalue weighted by Gasteiger charge is 2.24. The number of thiophene rings is 1. The summed E-state index contributed by atoms with van der Waals surface area (Å²) in [6.07, 6.45) is 8.30. The van der Waals surface area contributed by atoms with Crippen LogP contribution in [0.15, 0.2) is 59.5 Å². The molecule has 1 fully saturated rings. The fraction of sp³-hybridized carbons (Fsp3) is 0.345. The largest absolute Gasteiger partial charge is 0.477 e. The van der Waals surface area contributed by atoms with Gasteiger partial charge in [0.15, 0.2) is 5.13 Å². The molecule has 0 atom stereocenters. The van der Waals surface area contributed by atoms with Crippen LogP contribution in [0.4, 0.5) is 10.8 Å². The molecule has 1 saturated carbocycles. The van der Waals surface area contributed by atoms with E-state index in [-0.39, 0.29) is 5.56 Å². The van der Waals surface area contributed by atoms with Gasteiger partial charge in [0, 0.05) is 22.8 Å². The molecule has 0 aliphatic heterocycles. The van der Waals surface area contributed by atoms with Crippen LogP contribution in [0.25, 0.3) is 16.1 Å². The molecule has 0 bridgehead atoms. The van der Waals surface area contributed by atoms with E-state index < -0.39 is 5.97 Å². The predicted octanol–water partition coefficient (Wildman–Crippen LogP) is 7.71. The fourth-order valence-corrected chi connectivity index (χ4v) is 6.98. The lowest BCUT2D eigenvalue weighted by Crippen LogP contribution is -2.15. The maximum atomic E-state index is 12.2. The molecule has 0 saturated heterocycles. The molecular formula is C29H31N3O3S2. The smallest absolute Gasteiger partial charge is 0.348 e. The van der Waals surface area contributed by atoms with Crippen molar-refractivity contribution in [2.24, 2.45) is 5.92 Å². The van der Waals surface area contributed by atoms with Gasteiger partial charge in [0.25, 0.3) is 5.56 Å². The highest BCUT2D eigenvalue weighted by Crippen LogP contribution is 2.43. The number of hydrogen-bond acceptors (Lipinski definition) is 6. The van der Waals surface area contributed by atoms with E-state index in [2.05, 4.69) is 19.2 Å². The van der Waals surface area contributed by atoms with E-state index in [1.807, 2.05) is 36.4 Å². The molecule has 5 rings (SSSR count). The molecule has 8 heteroatoms. The standard InChI is InChI=1S/C29H31N3O3S2/c1-18(2)10-15-22-26(20-11-13-21(14-12-20)32-16-6-5-9-25(32)33)37-29(30-22)31-23-17-24(19-7-3-4-8-19)36-27(23)28(34)35/h5-6,9,11-14,16-19H,3-4,7-8,10,15H2,1-2H3,(H,30,31)(H,34,35). The van der Waals surface area contributed by atoms with Crippen molar-refractivity contribution in [3.8, 4) is 16.1 Å². The molecule has 37 heavy (non-hydrogen) atoms. The summed E-state index contributed by atoms with van der Waals surface area (Å²) >= 11 is 2.94. The Bertz CT molecular complexity index is 1440. The van der Waals surface area contributed by atoms with Gasteiger partial charge < -0.3 is 10.4 Å². The normalized spacial score (nSPS) is 13.9. The number of aromatic carboxylic acids is 1. The van der Waals surface area contributed by atoms with Gasteiger partial charge in [0.05, 0.1) is 16.3 Å². The Kier molecular flexibility index (Phi) is 7.58. The van der Waals surface area contributed by atoms with Crippen molar-refractivity contribution in [2.75, 3.05) is 5.32 Å². The number of aromatic nitrogens is 2. The molecule has 4 aromatic rings. The van der Waals surface area contributed by atoms with E-state index in [1.54, 1.807) is 34.2 Å². The van der Waals surface area contributed by atoms with Crippen molar-refractivity contribution in [1.29, 1.82) is 0 Å². The lowest BCUT2D eigenvalue weighted by atomic mass is 10.0. The number of thiazole rings is 1. The van der Waals surface area contributed by atoms with Crippen LogP contribution in [-0.4, -0.2) is 20.6 Å². The Morgan fingerprint density at radius 2 is 1.89 bits per heavy atom. The Morgan fingerprint density at radius 1 is 1.14 bits per heavy atom. The van der Waals surface area contributed by atoms with Crippen LogP contribution in [0.2, 0.25) is 0 Å². The summed E-state index contributed by atoms with van der Waals surface area (Å²) in [5, 5.41) is 13.9. The van der Waals surface area contributed by atoms with E-state index in [0.29, 0.717) is 27.5 Å². The minimum atomic E-state index is -0.902. The number of aryl methyl sites for hydroxylation is 1. The molecule has 3 heterocycles. The number of nitrogens with one attached hydrogen (secondary N) is 1. The fourth-order valence-electron chi connectivity index (χ4n) is 4.83. The SMILES string of the molecule is CC(C)CCc1nc(Nc2cc(C3CCCC3)sc2C(=O)O)sc1-c1ccc(-n2ccccc2=O)cc1. The lowest BCUT2D eigenvalue weighted by molar-refractivity contribution is 0.0703. The third kappa shape index (κ3) is 5.70. The molecular weight excluding hydrogens is 502 g/mol. The van der Waals surface area contributed by atoms with E-state index in [4.69, 9.17) is 4.98 Å². The molecule has 192 valence electrons. The zero-order valence-electron chi connectivity index (χ0n) is 21.1. The summed E-state index contributed by atoms with van der Waals surface area (Å²) in [6, 6.07) is 15.1. The van der Waals surface area contributed by atoms with Crippen LogP contribution in [0.5, 0.6) is 0 Å².